The molecule has 0 N–H and O–H groups in total. The second-order valence-corrected chi connectivity index (χ2v) is 6.85. The number of nitrogens with zero attached hydrogens (tertiary/aromatic N) is 2. The molecule has 0 bridgehead atoms. The van der Waals surface area contributed by atoms with Crippen molar-refractivity contribution in [1.82, 2.24) is 4.90 Å². The normalized spacial score (nSPS) is 14.2. The largest absolute Gasteiger partial charge is 0.347 e. The van der Waals surface area contributed by atoms with Crippen LogP contribution in [0, 0.1) is 6.92 Å². The van der Waals surface area contributed by atoms with Crippen LogP contribution in [0.5, 0.6) is 0 Å². The van der Waals surface area contributed by atoms with Crippen LogP contribution in [0.1, 0.15) is 28.3 Å². The van der Waals surface area contributed by atoms with E-state index in [0.717, 1.165) is 17.3 Å². The van der Waals surface area contributed by atoms with Crippen molar-refractivity contribution in [3.05, 3.63) is 100 Å². The van der Waals surface area contributed by atoms with E-state index in [9.17, 15) is 0 Å². The predicted octanol–water partition coefficient (Wildman–Crippen LogP) is 5.91. The monoisotopic (exact) mass is 346 g/mol. The van der Waals surface area contributed by atoms with Crippen LogP contribution in [-0.4, -0.2) is 11.2 Å². The van der Waals surface area contributed by atoms with E-state index in [-0.39, 0.29) is 6.04 Å². The van der Waals surface area contributed by atoms with Gasteiger partial charge >= 0.3 is 0 Å². The molecule has 3 heteroatoms. The van der Waals surface area contributed by atoms with Gasteiger partial charge in [-0.25, -0.2) is 4.99 Å². The first kappa shape index (κ1) is 15.9. The Hall–Kier alpha value is -2.58. The highest BCUT2D eigenvalue weighted by Crippen LogP contribution is 2.34. The molecule has 0 aliphatic carbocycles. The average Bonchev–Trinajstić information content (AvgIpc) is 2.64. The summed E-state index contributed by atoms with van der Waals surface area (Å²) in [4.78, 5) is 6.99. The molecule has 1 unspecified atom stereocenters. The first-order chi connectivity index (χ1) is 12.2. The van der Waals surface area contributed by atoms with Gasteiger partial charge in [-0.15, -0.1) is 0 Å². The number of benzene rings is 3. The van der Waals surface area contributed by atoms with Gasteiger partial charge in [0.05, 0.1) is 18.1 Å². The molecule has 1 heterocycles. The molecule has 2 nitrogen and oxygen atoms in total. The summed E-state index contributed by atoms with van der Waals surface area (Å²) in [6.07, 6.45) is 1.97. The van der Waals surface area contributed by atoms with E-state index in [1.807, 2.05) is 24.5 Å². The van der Waals surface area contributed by atoms with Gasteiger partial charge in [0.1, 0.15) is 0 Å². The topological polar surface area (TPSA) is 15.6 Å². The second-order valence-electron chi connectivity index (χ2n) is 6.41. The maximum Gasteiger partial charge on any atom is 0.0923 e. The third-order valence-corrected chi connectivity index (χ3v) is 4.82. The molecule has 0 radical (unpaired) electrons. The maximum atomic E-state index is 6.09. The molecule has 1 atom stereocenters. The van der Waals surface area contributed by atoms with Crippen LogP contribution in [0.25, 0.3) is 0 Å². The summed E-state index contributed by atoms with van der Waals surface area (Å²) in [5.41, 5.74) is 6.01. The molecule has 3 aromatic carbocycles. The number of fused-ring (bicyclic) bond motifs is 1. The highest BCUT2D eigenvalue weighted by atomic mass is 35.5. The number of halogens is 1. The Bertz CT molecular complexity index is 901. The smallest absolute Gasteiger partial charge is 0.0923 e. The van der Waals surface area contributed by atoms with Crippen LogP contribution in [-0.2, 0) is 6.54 Å². The Balaban J connectivity index is 1.75. The van der Waals surface area contributed by atoms with Gasteiger partial charge in [-0.05, 0) is 47.4 Å². The Labute approximate surface area is 153 Å². The van der Waals surface area contributed by atoms with Gasteiger partial charge < -0.3 is 4.90 Å². The fourth-order valence-electron chi connectivity index (χ4n) is 3.32. The van der Waals surface area contributed by atoms with Gasteiger partial charge in [-0.3, -0.25) is 0 Å². The van der Waals surface area contributed by atoms with Crippen molar-refractivity contribution in [2.24, 2.45) is 4.99 Å². The maximum absolute atomic E-state index is 6.09. The average molecular weight is 347 g/mol. The van der Waals surface area contributed by atoms with Crippen molar-refractivity contribution in [2.75, 3.05) is 0 Å². The molecule has 0 saturated heterocycles. The first-order valence-electron chi connectivity index (χ1n) is 8.40. The Morgan fingerprint density at radius 2 is 1.64 bits per heavy atom. The molecule has 4 rings (SSSR count). The quantitative estimate of drug-likeness (QED) is 0.575. The molecule has 0 fully saturated rings. The van der Waals surface area contributed by atoms with Crippen molar-refractivity contribution in [2.45, 2.75) is 19.5 Å². The van der Waals surface area contributed by atoms with E-state index < -0.39 is 0 Å². The Morgan fingerprint density at radius 3 is 2.40 bits per heavy atom. The van der Waals surface area contributed by atoms with Crippen LogP contribution in [0.15, 0.2) is 77.8 Å². The van der Waals surface area contributed by atoms with E-state index in [4.69, 9.17) is 16.6 Å². The van der Waals surface area contributed by atoms with Crippen LogP contribution in [0.4, 0.5) is 5.69 Å². The zero-order valence-corrected chi connectivity index (χ0v) is 14.8. The zero-order chi connectivity index (χ0) is 17.2. The van der Waals surface area contributed by atoms with E-state index in [1.54, 1.807) is 0 Å². The fraction of sp³-hybridized carbons (Fsp3) is 0.136. The fourth-order valence-corrected chi connectivity index (χ4v) is 3.44. The number of rotatable bonds is 3. The summed E-state index contributed by atoms with van der Waals surface area (Å²) in [5.74, 6) is 0. The lowest BCUT2D eigenvalue weighted by Gasteiger charge is -2.33. The number of aryl methyl sites for hydroxylation is 1. The number of hydrogen-bond donors (Lipinski definition) is 0. The molecule has 3 aromatic rings. The summed E-state index contributed by atoms with van der Waals surface area (Å²) in [6.45, 7) is 2.93. The zero-order valence-electron chi connectivity index (χ0n) is 14.1. The summed E-state index contributed by atoms with van der Waals surface area (Å²) < 4.78 is 0. The van der Waals surface area contributed by atoms with Crippen LogP contribution in [0.3, 0.4) is 0 Å². The van der Waals surface area contributed by atoms with Gasteiger partial charge in [0.2, 0.25) is 0 Å². The van der Waals surface area contributed by atoms with Crippen molar-refractivity contribution in [3.63, 3.8) is 0 Å². The van der Waals surface area contributed by atoms with Gasteiger partial charge in [0.25, 0.3) is 0 Å². The predicted molar refractivity (Wildman–Crippen MR) is 105 cm³/mol. The van der Waals surface area contributed by atoms with Crippen LogP contribution >= 0.6 is 11.6 Å². The lowest BCUT2D eigenvalue weighted by Crippen LogP contribution is -2.29. The van der Waals surface area contributed by atoms with Crippen LogP contribution in [0.2, 0.25) is 5.02 Å². The molecule has 0 saturated carbocycles. The molecule has 0 amide bonds. The van der Waals surface area contributed by atoms with Gasteiger partial charge in [-0.1, -0.05) is 66.2 Å². The minimum absolute atomic E-state index is 0.108. The van der Waals surface area contributed by atoms with Gasteiger partial charge in [-0.2, -0.15) is 0 Å². The van der Waals surface area contributed by atoms with Gasteiger partial charge in [0, 0.05) is 11.6 Å². The van der Waals surface area contributed by atoms with Crippen molar-refractivity contribution in [1.29, 1.82) is 0 Å². The highest BCUT2D eigenvalue weighted by molar-refractivity contribution is 6.30. The molecule has 0 aromatic heterocycles. The number of aliphatic imine (C=N–C) groups is 1. The Morgan fingerprint density at radius 1 is 0.920 bits per heavy atom. The standard InChI is InChI=1S/C22H19ClN2/c1-16-7-8-19-14-25(15-24-21(19)13-16)22(17-5-3-2-4-6-17)18-9-11-20(23)12-10-18/h2-13,15,22H,14H2,1H3. The highest BCUT2D eigenvalue weighted by Gasteiger charge is 2.23. The van der Waals surface area contributed by atoms with Crippen LogP contribution < -0.4 is 0 Å². The van der Waals surface area contributed by atoms with E-state index >= 15 is 0 Å². The number of hydrogen-bond acceptors (Lipinski definition) is 2. The lowest BCUT2D eigenvalue weighted by molar-refractivity contribution is 0.356. The molecular formula is C22H19ClN2. The molecular weight excluding hydrogens is 328 g/mol. The minimum atomic E-state index is 0.108. The molecule has 25 heavy (non-hydrogen) atoms. The first-order valence-corrected chi connectivity index (χ1v) is 8.78. The van der Waals surface area contributed by atoms with Crippen molar-refractivity contribution >= 4 is 23.6 Å². The molecule has 124 valence electrons. The SMILES string of the molecule is Cc1ccc2c(c1)N=CN(C(c1ccccc1)c1ccc(Cl)cc1)C2. The summed E-state index contributed by atoms with van der Waals surface area (Å²) in [7, 11) is 0. The van der Waals surface area contributed by atoms with Crippen molar-refractivity contribution in [3.8, 4) is 0 Å². The summed E-state index contributed by atoms with van der Waals surface area (Å²) >= 11 is 6.09. The minimum Gasteiger partial charge on any atom is -0.347 e. The second kappa shape index (κ2) is 6.73. The summed E-state index contributed by atoms with van der Waals surface area (Å²) in [6, 6.07) is 25.2. The summed E-state index contributed by atoms with van der Waals surface area (Å²) in [5, 5.41) is 0.753. The molecule has 0 spiro atoms. The van der Waals surface area contributed by atoms with E-state index in [2.05, 4.69) is 66.4 Å². The lowest BCUT2D eigenvalue weighted by atomic mass is 9.96. The van der Waals surface area contributed by atoms with Crippen molar-refractivity contribution < 1.29 is 0 Å². The van der Waals surface area contributed by atoms with E-state index in [1.165, 1.54) is 22.3 Å². The third-order valence-electron chi connectivity index (χ3n) is 4.57. The molecule has 1 aliphatic rings. The third kappa shape index (κ3) is 3.31. The molecule has 1 aliphatic heterocycles. The Kier molecular flexibility index (Phi) is 4.29. The van der Waals surface area contributed by atoms with Gasteiger partial charge in [0.15, 0.2) is 0 Å². The van der Waals surface area contributed by atoms with E-state index in [0.29, 0.717) is 0 Å².